The second kappa shape index (κ2) is 10.5. The zero-order valence-corrected chi connectivity index (χ0v) is 18.6. The number of nitrogens with zero attached hydrogens (tertiary/aromatic N) is 2. The van der Waals surface area contributed by atoms with Gasteiger partial charge in [-0.05, 0) is 49.5 Å². The molecule has 0 unspecified atom stereocenters. The lowest BCUT2D eigenvalue weighted by atomic mass is 10.1. The van der Waals surface area contributed by atoms with Crippen molar-refractivity contribution in [1.29, 1.82) is 0 Å². The summed E-state index contributed by atoms with van der Waals surface area (Å²) in [5, 5.41) is 6.52. The second-order valence-corrected chi connectivity index (χ2v) is 6.63. The van der Waals surface area contributed by atoms with Crippen molar-refractivity contribution in [3.63, 3.8) is 0 Å². The zero-order valence-electron chi connectivity index (χ0n) is 16.3. The van der Waals surface area contributed by atoms with Crippen LogP contribution in [0.2, 0.25) is 0 Å². The first-order chi connectivity index (χ1) is 13.0. The van der Waals surface area contributed by atoms with E-state index in [2.05, 4.69) is 15.6 Å². The van der Waals surface area contributed by atoms with Gasteiger partial charge >= 0.3 is 0 Å². The number of hydrogen-bond acceptors (Lipinski definition) is 4. The lowest BCUT2D eigenvalue weighted by molar-refractivity contribution is 0.174. The standard InChI is InChI=1S/C20H25FN4O2.HI/c1-22-20(24-11-15-5-7-18-19(9-15)27-13-26-18)23-10-14-4-6-17(21)16(8-14)12-25(2)3;/h4-9H,10-13H2,1-3H3,(H2,22,23,24);1H. The van der Waals surface area contributed by atoms with E-state index in [4.69, 9.17) is 9.47 Å². The minimum absolute atomic E-state index is 0. The van der Waals surface area contributed by atoms with Crippen LogP contribution in [-0.2, 0) is 19.6 Å². The van der Waals surface area contributed by atoms with Gasteiger partial charge in [-0.25, -0.2) is 4.39 Å². The van der Waals surface area contributed by atoms with Gasteiger partial charge in [0.25, 0.3) is 0 Å². The summed E-state index contributed by atoms with van der Waals surface area (Å²) in [6.45, 7) is 1.99. The fourth-order valence-electron chi connectivity index (χ4n) is 2.84. The van der Waals surface area contributed by atoms with Crippen LogP contribution in [0.25, 0.3) is 0 Å². The van der Waals surface area contributed by atoms with Gasteiger partial charge in [-0.15, -0.1) is 24.0 Å². The smallest absolute Gasteiger partial charge is 0.231 e. The third kappa shape index (κ3) is 5.96. The Morgan fingerprint density at radius 1 is 1.04 bits per heavy atom. The summed E-state index contributed by atoms with van der Waals surface area (Å²) in [5.74, 6) is 2.02. The molecule has 1 heterocycles. The molecule has 0 saturated heterocycles. The van der Waals surface area contributed by atoms with E-state index in [9.17, 15) is 4.39 Å². The quantitative estimate of drug-likeness (QED) is 0.363. The van der Waals surface area contributed by atoms with Gasteiger partial charge in [-0.2, -0.15) is 0 Å². The van der Waals surface area contributed by atoms with Crippen molar-refractivity contribution in [2.45, 2.75) is 19.6 Å². The van der Waals surface area contributed by atoms with Crippen LogP contribution in [0, 0.1) is 5.82 Å². The lowest BCUT2D eigenvalue weighted by Gasteiger charge is -2.14. The molecule has 2 N–H and O–H groups in total. The molecule has 2 aromatic carbocycles. The Kier molecular flexibility index (Phi) is 8.31. The van der Waals surface area contributed by atoms with E-state index in [0.717, 1.165) is 22.6 Å². The first kappa shape index (κ1) is 22.2. The maximum Gasteiger partial charge on any atom is 0.231 e. The number of nitrogens with one attached hydrogen (secondary N) is 2. The summed E-state index contributed by atoms with van der Waals surface area (Å²) >= 11 is 0. The Morgan fingerprint density at radius 3 is 2.36 bits per heavy atom. The minimum atomic E-state index is -0.183. The highest BCUT2D eigenvalue weighted by atomic mass is 127. The van der Waals surface area contributed by atoms with Crippen LogP contribution in [-0.4, -0.2) is 38.8 Å². The largest absolute Gasteiger partial charge is 0.454 e. The molecule has 1 aliphatic heterocycles. The highest BCUT2D eigenvalue weighted by Crippen LogP contribution is 2.32. The monoisotopic (exact) mass is 500 g/mol. The van der Waals surface area contributed by atoms with Crippen molar-refractivity contribution in [2.24, 2.45) is 4.99 Å². The van der Waals surface area contributed by atoms with E-state index in [1.54, 1.807) is 13.1 Å². The normalized spacial score (nSPS) is 12.7. The van der Waals surface area contributed by atoms with Gasteiger partial charge in [-0.1, -0.05) is 12.1 Å². The fraction of sp³-hybridized carbons (Fsp3) is 0.350. The topological polar surface area (TPSA) is 58.1 Å². The van der Waals surface area contributed by atoms with Crippen LogP contribution in [0.5, 0.6) is 11.5 Å². The number of benzene rings is 2. The Labute approximate surface area is 182 Å². The molecule has 28 heavy (non-hydrogen) atoms. The first-order valence-electron chi connectivity index (χ1n) is 8.80. The molecule has 0 aliphatic carbocycles. The van der Waals surface area contributed by atoms with Crippen LogP contribution in [0.3, 0.4) is 0 Å². The molecule has 0 spiro atoms. The zero-order chi connectivity index (χ0) is 19.2. The summed E-state index contributed by atoms with van der Waals surface area (Å²) in [5.41, 5.74) is 2.75. The average Bonchev–Trinajstić information content (AvgIpc) is 3.11. The molecule has 8 heteroatoms. The number of halogens is 2. The molecule has 3 rings (SSSR count). The third-order valence-electron chi connectivity index (χ3n) is 4.18. The van der Waals surface area contributed by atoms with Crippen molar-refractivity contribution in [1.82, 2.24) is 15.5 Å². The molecule has 152 valence electrons. The van der Waals surface area contributed by atoms with Crippen molar-refractivity contribution < 1.29 is 13.9 Å². The molecular weight excluding hydrogens is 474 g/mol. The summed E-state index contributed by atoms with van der Waals surface area (Å²) in [6.07, 6.45) is 0. The molecule has 2 aromatic rings. The van der Waals surface area contributed by atoms with Gasteiger partial charge in [0, 0.05) is 32.2 Å². The number of ether oxygens (including phenoxy) is 2. The summed E-state index contributed by atoms with van der Waals surface area (Å²) in [7, 11) is 5.57. The van der Waals surface area contributed by atoms with Gasteiger partial charge in [0.2, 0.25) is 6.79 Å². The van der Waals surface area contributed by atoms with Crippen LogP contribution in [0.1, 0.15) is 16.7 Å². The number of rotatable bonds is 6. The Bertz CT molecular complexity index is 830. The highest BCUT2D eigenvalue weighted by molar-refractivity contribution is 14.0. The lowest BCUT2D eigenvalue weighted by Crippen LogP contribution is -2.36. The summed E-state index contributed by atoms with van der Waals surface area (Å²) < 4.78 is 24.6. The van der Waals surface area contributed by atoms with E-state index < -0.39 is 0 Å². The van der Waals surface area contributed by atoms with Crippen molar-refractivity contribution in [3.8, 4) is 11.5 Å². The molecule has 0 amide bonds. The molecule has 0 fully saturated rings. The van der Waals surface area contributed by atoms with Crippen molar-refractivity contribution in [2.75, 3.05) is 27.9 Å². The van der Waals surface area contributed by atoms with E-state index >= 15 is 0 Å². The van der Waals surface area contributed by atoms with Gasteiger partial charge < -0.3 is 25.0 Å². The number of fused-ring (bicyclic) bond motifs is 1. The van der Waals surface area contributed by atoms with Crippen LogP contribution in [0.4, 0.5) is 4.39 Å². The fourth-order valence-corrected chi connectivity index (χ4v) is 2.84. The van der Waals surface area contributed by atoms with Gasteiger partial charge in [0.1, 0.15) is 5.82 Å². The van der Waals surface area contributed by atoms with Crippen LogP contribution >= 0.6 is 24.0 Å². The SMILES string of the molecule is CN=C(NCc1ccc(F)c(CN(C)C)c1)NCc1ccc2c(c1)OCO2.I. The van der Waals surface area contributed by atoms with E-state index in [-0.39, 0.29) is 36.6 Å². The van der Waals surface area contributed by atoms with Crippen molar-refractivity contribution in [3.05, 3.63) is 58.9 Å². The maximum absolute atomic E-state index is 13.9. The molecule has 0 bridgehead atoms. The second-order valence-electron chi connectivity index (χ2n) is 6.63. The summed E-state index contributed by atoms with van der Waals surface area (Å²) in [4.78, 5) is 6.18. The number of aliphatic imine (C=N–C) groups is 1. The molecule has 0 aromatic heterocycles. The van der Waals surface area contributed by atoms with Crippen molar-refractivity contribution >= 4 is 29.9 Å². The highest BCUT2D eigenvalue weighted by Gasteiger charge is 2.13. The van der Waals surface area contributed by atoms with Gasteiger partial charge in [0.05, 0.1) is 0 Å². The van der Waals surface area contributed by atoms with Gasteiger partial charge in [0.15, 0.2) is 17.5 Å². The molecule has 6 nitrogen and oxygen atoms in total. The van der Waals surface area contributed by atoms with E-state index in [1.165, 1.54) is 6.07 Å². The van der Waals surface area contributed by atoms with E-state index in [0.29, 0.717) is 31.2 Å². The molecule has 0 saturated carbocycles. The number of hydrogen-bond donors (Lipinski definition) is 2. The Balaban J connectivity index is 0.00000280. The molecule has 0 atom stereocenters. The minimum Gasteiger partial charge on any atom is -0.454 e. The van der Waals surface area contributed by atoms with Crippen LogP contribution in [0.15, 0.2) is 41.4 Å². The predicted octanol–water partition coefficient (Wildman–Crippen LogP) is 3.10. The Hall–Kier alpha value is -2.07. The maximum atomic E-state index is 13.9. The van der Waals surface area contributed by atoms with Crippen LogP contribution < -0.4 is 20.1 Å². The van der Waals surface area contributed by atoms with Gasteiger partial charge in [-0.3, -0.25) is 4.99 Å². The molecule has 0 radical (unpaired) electrons. The summed E-state index contributed by atoms with van der Waals surface area (Å²) in [6, 6.07) is 11.0. The molecule has 1 aliphatic rings. The average molecular weight is 500 g/mol. The molecular formula is C20H26FIN4O2. The first-order valence-corrected chi connectivity index (χ1v) is 8.80. The third-order valence-corrected chi connectivity index (χ3v) is 4.18. The van der Waals surface area contributed by atoms with E-state index in [1.807, 2.05) is 43.3 Å². The number of guanidine groups is 1. The Morgan fingerprint density at radius 2 is 1.68 bits per heavy atom. The predicted molar refractivity (Wildman–Crippen MR) is 119 cm³/mol.